The maximum absolute atomic E-state index is 14.9. The molecule has 2 aliphatic rings. The summed E-state index contributed by atoms with van der Waals surface area (Å²) in [7, 11) is 0. The van der Waals surface area contributed by atoms with Crippen molar-refractivity contribution in [3.05, 3.63) is 89.9 Å². The Morgan fingerprint density at radius 2 is 1.70 bits per heavy atom. The largest absolute Gasteiger partial charge is 0.384 e. The maximum atomic E-state index is 14.9. The Morgan fingerprint density at radius 1 is 1.00 bits per heavy atom. The van der Waals surface area contributed by atoms with Crippen LogP contribution in [0.4, 0.5) is 14.6 Å². The van der Waals surface area contributed by atoms with Gasteiger partial charge in [0.15, 0.2) is 0 Å². The van der Waals surface area contributed by atoms with Crippen LogP contribution in [-0.4, -0.2) is 52.1 Å². The molecule has 1 N–H and O–H groups in total. The number of carbonyl (C=O) groups is 1. The van der Waals surface area contributed by atoms with Crippen molar-refractivity contribution in [2.24, 2.45) is 17.8 Å². The first-order chi connectivity index (χ1) is 17.3. The summed E-state index contributed by atoms with van der Waals surface area (Å²) in [5.41, 5.74) is 0.111. The van der Waals surface area contributed by atoms with Crippen LogP contribution in [0.5, 0.6) is 0 Å². The van der Waals surface area contributed by atoms with E-state index in [0.717, 1.165) is 11.6 Å². The first-order valence-corrected chi connectivity index (χ1v) is 12.3. The predicted octanol–water partition coefficient (Wildman–Crippen LogP) is 4.40. The second-order valence-electron chi connectivity index (χ2n) is 10.1. The Kier molecular flexibility index (Phi) is 7.80. The van der Waals surface area contributed by atoms with Crippen LogP contribution in [-0.2, 0) is 10.4 Å². The van der Waals surface area contributed by atoms with Crippen LogP contribution >= 0.6 is 12.4 Å². The third-order valence-corrected chi connectivity index (χ3v) is 7.91. The van der Waals surface area contributed by atoms with Gasteiger partial charge in [0.2, 0.25) is 5.91 Å². The molecule has 5 atom stereocenters. The Hall–Kier alpha value is -3.10. The Bertz CT molecular complexity index is 1220. The third-order valence-electron chi connectivity index (χ3n) is 7.91. The van der Waals surface area contributed by atoms with Crippen LogP contribution in [0.15, 0.2) is 67.1 Å². The minimum Gasteiger partial charge on any atom is -0.384 e. The smallest absolute Gasteiger partial charge is 0.228 e. The van der Waals surface area contributed by atoms with E-state index in [1.807, 2.05) is 49.1 Å². The number of amides is 1. The van der Waals surface area contributed by atoms with E-state index in [1.54, 1.807) is 23.5 Å². The Morgan fingerprint density at radius 3 is 2.32 bits per heavy atom. The molecule has 1 amide bonds. The lowest BCUT2D eigenvalue weighted by molar-refractivity contribution is -0.152. The molecule has 0 radical (unpaired) electrons. The van der Waals surface area contributed by atoms with Gasteiger partial charge in [-0.1, -0.05) is 50.2 Å². The predicted molar refractivity (Wildman–Crippen MR) is 139 cm³/mol. The van der Waals surface area contributed by atoms with Gasteiger partial charge in [0, 0.05) is 62.4 Å². The molecule has 3 aromatic rings. The second kappa shape index (κ2) is 10.7. The van der Waals surface area contributed by atoms with Crippen LogP contribution in [0, 0.1) is 29.4 Å². The fourth-order valence-electron chi connectivity index (χ4n) is 6.00. The van der Waals surface area contributed by atoms with Gasteiger partial charge in [-0.05, 0) is 17.2 Å². The number of anilines is 1. The van der Waals surface area contributed by atoms with Gasteiger partial charge >= 0.3 is 0 Å². The van der Waals surface area contributed by atoms with Crippen LogP contribution in [0.2, 0.25) is 0 Å². The van der Waals surface area contributed by atoms with Gasteiger partial charge in [-0.25, -0.2) is 13.8 Å². The number of nitrogens with zero attached hydrogens (tertiary/aromatic N) is 4. The van der Waals surface area contributed by atoms with Gasteiger partial charge < -0.3 is 14.9 Å². The molecule has 0 aliphatic carbocycles. The fourth-order valence-corrected chi connectivity index (χ4v) is 6.00. The zero-order valence-corrected chi connectivity index (χ0v) is 21.6. The zero-order valence-electron chi connectivity index (χ0n) is 20.8. The van der Waals surface area contributed by atoms with Gasteiger partial charge in [0.05, 0.1) is 17.7 Å². The maximum Gasteiger partial charge on any atom is 0.228 e. The van der Waals surface area contributed by atoms with Crippen LogP contribution < -0.4 is 4.90 Å². The highest BCUT2D eigenvalue weighted by atomic mass is 35.5. The molecular formula is C28H31ClF2N4O2. The molecular weight excluding hydrogens is 498 g/mol. The molecule has 1 aromatic heterocycles. The molecule has 2 fully saturated rings. The van der Waals surface area contributed by atoms with Gasteiger partial charge in [-0.3, -0.25) is 9.78 Å². The molecule has 9 heteroatoms. The average molecular weight is 529 g/mol. The first-order valence-electron chi connectivity index (χ1n) is 12.3. The van der Waals surface area contributed by atoms with E-state index in [9.17, 15) is 18.7 Å². The van der Waals surface area contributed by atoms with Crippen LogP contribution in [0.1, 0.15) is 30.9 Å². The number of halogens is 3. The summed E-state index contributed by atoms with van der Waals surface area (Å²) in [5, 5.41) is 11.7. The minimum atomic E-state index is -1.05. The lowest BCUT2D eigenvalue weighted by atomic mass is 9.70. The van der Waals surface area contributed by atoms with Crippen LogP contribution in [0.3, 0.4) is 0 Å². The molecule has 0 unspecified atom stereocenters. The summed E-state index contributed by atoms with van der Waals surface area (Å²) >= 11 is 0. The summed E-state index contributed by atoms with van der Waals surface area (Å²) in [6.07, 6.45) is 4.77. The number of rotatable bonds is 4. The highest BCUT2D eigenvalue weighted by Gasteiger charge is 2.49. The molecule has 2 aliphatic heterocycles. The lowest BCUT2D eigenvalue weighted by Gasteiger charge is -2.48. The summed E-state index contributed by atoms with van der Waals surface area (Å²) in [5.74, 6) is -2.21. The molecule has 196 valence electrons. The molecule has 0 bridgehead atoms. The number of hydrogen-bond donors (Lipinski definition) is 1. The van der Waals surface area contributed by atoms with Gasteiger partial charge in [0.1, 0.15) is 17.5 Å². The first kappa shape index (κ1) is 26.9. The van der Waals surface area contributed by atoms with E-state index in [-0.39, 0.29) is 30.2 Å². The molecule has 5 rings (SSSR count). The molecule has 3 heterocycles. The van der Waals surface area contributed by atoms with E-state index < -0.39 is 29.1 Å². The SMILES string of the molecule is C[C@@H]1CN(C(=O)[C@@H]2CN(c3cnccn3)C[C@H]2c2ccc(F)cc2F)C[C@H](C)[C@]1(O)c1ccccc1.Cl. The fraction of sp³-hybridized carbons (Fsp3) is 0.393. The quantitative estimate of drug-likeness (QED) is 0.543. The number of hydrogen-bond acceptors (Lipinski definition) is 5. The lowest BCUT2D eigenvalue weighted by Crippen LogP contribution is -2.57. The second-order valence-corrected chi connectivity index (χ2v) is 10.1. The zero-order chi connectivity index (χ0) is 25.4. The molecule has 2 saturated heterocycles. The normalized spacial score (nSPS) is 27.6. The van der Waals surface area contributed by atoms with Crippen molar-refractivity contribution >= 4 is 24.1 Å². The van der Waals surface area contributed by atoms with Crippen molar-refractivity contribution in [1.29, 1.82) is 0 Å². The van der Waals surface area contributed by atoms with Crippen molar-refractivity contribution < 1.29 is 18.7 Å². The van der Waals surface area contributed by atoms with E-state index in [0.29, 0.717) is 37.6 Å². The van der Waals surface area contributed by atoms with E-state index in [1.165, 1.54) is 12.1 Å². The average Bonchev–Trinajstić information content (AvgIpc) is 3.32. The summed E-state index contributed by atoms with van der Waals surface area (Å²) in [4.78, 5) is 26.2. The molecule has 0 spiro atoms. The summed E-state index contributed by atoms with van der Waals surface area (Å²) in [6, 6.07) is 13.1. The van der Waals surface area contributed by atoms with Gasteiger partial charge in [-0.2, -0.15) is 0 Å². The number of benzene rings is 2. The van der Waals surface area contributed by atoms with Gasteiger partial charge in [0.25, 0.3) is 0 Å². The third kappa shape index (κ3) is 4.92. The Balaban J connectivity index is 0.00000320. The Labute approximate surface area is 221 Å². The minimum absolute atomic E-state index is 0. The highest BCUT2D eigenvalue weighted by molar-refractivity contribution is 5.85. The topological polar surface area (TPSA) is 69.6 Å². The number of aromatic nitrogens is 2. The van der Waals surface area contributed by atoms with Crippen molar-refractivity contribution in [2.75, 3.05) is 31.1 Å². The van der Waals surface area contributed by atoms with Crippen molar-refractivity contribution in [2.45, 2.75) is 25.4 Å². The highest BCUT2D eigenvalue weighted by Crippen LogP contribution is 2.43. The van der Waals surface area contributed by atoms with E-state index in [4.69, 9.17) is 0 Å². The number of carbonyl (C=O) groups excluding carboxylic acids is 1. The van der Waals surface area contributed by atoms with E-state index >= 15 is 0 Å². The van der Waals surface area contributed by atoms with Crippen molar-refractivity contribution in [3.63, 3.8) is 0 Å². The monoisotopic (exact) mass is 528 g/mol. The number of aliphatic hydroxyl groups is 1. The number of likely N-dealkylation sites (tertiary alicyclic amines) is 1. The molecule has 2 aromatic carbocycles. The van der Waals surface area contributed by atoms with E-state index in [2.05, 4.69) is 9.97 Å². The van der Waals surface area contributed by atoms with Crippen molar-refractivity contribution in [3.8, 4) is 0 Å². The number of piperidine rings is 1. The molecule has 0 saturated carbocycles. The standard InChI is InChI=1S/C28H30F2N4O2.ClH/c1-18-14-34(15-19(2)28(18,36)20-6-4-3-5-7-20)27(35)24-17-33(26-13-31-10-11-32-26)16-23(24)22-9-8-21(29)12-25(22)30;/h3-13,18-19,23-24,36H,14-17H2,1-2H3;1H/t18-,19+,23-,24+,28+;/m0./s1. The van der Waals surface area contributed by atoms with Crippen molar-refractivity contribution in [1.82, 2.24) is 14.9 Å². The molecule has 37 heavy (non-hydrogen) atoms. The molecule has 6 nitrogen and oxygen atoms in total. The van der Waals surface area contributed by atoms with Gasteiger partial charge in [-0.15, -0.1) is 12.4 Å². The van der Waals surface area contributed by atoms with Crippen LogP contribution in [0.25, 0.3) is 0 Å². The summed E-state index contributed by atoms with van der Waals surface area (Å²) < 4.78 is 28.5. The summed E-state index contributed by atoms with van der Waals surface area (Å²) in [6.45, 7) is 5.40.